The molecule has 0 radical (unpaired) electrons. The number of fused-ring (bicyclic) bond motifs is 1. The van der Waals surface area contributed by atoms with Gasteiger partial charge in [-0.25, -0.2) is 9.50 Å². The van der Waals surface area contributed by atoms with Crippen molar-refractivity contribution in [3.63, 3.8) is 0 Å². The van der Waals surface area contributed by atoms with Crippen LogP contribution in [0.15, 0.2) is 40.0 Å². The molecular formula is C17H16N6O2S. The third-order valence-electron chi connectivity index (χ3n) is 3.72. The quantitative estimate of drug-likeness (QED) is 0.496. The van der Waals surface area contributed by atoms with Crippen molar-refractivity contribution in [2.45, 2.75) is 24.8 Å². The lowest BCUT2D eigenvalue weighted by Gasteiger charge is -1.99. The first-order valence-electron chi connectivity index (χ1n) is 7.93. The van der Waals surface area contributed by atoms with E-state index in [-0.39, 0.29) is 0 Å². The van der Waals surface area contributed by atoms with Crippen LogP contribution in [0.1, 0.15) is 17.3 Å². The number of methoxy groups -OCH3 is 1. The molecule has 0 bridgehead atoms. The van der Waals surface area contributed by atoms with Gasteiger partial charge in [0.15, 0.2) is 0 Å². The zero-order valence-electron chi connectivity index (χ0n) is 14.5. The van der Waals surface area contributed by atoms with Gasteiger partial charge in [-0.1, -0.05) is 29.1 Å². The highest BCUT2D eigenvalue weighted by Crippen LogP contribution is 2.24. The van der Waals surface area contributed by atoms with Gasteiger partial charge in [0.2, 0.25) is 16.9 Å². The maximum Gasteiger partial charge on any atom is 0.253 e. The summed E-state index contributed by atoms with van der Waals surface area (Å²) in [5, 5.41) is 9.10. The number of hydrogen-bond donors (Lipinski definition) is 0. The molecule has 4 aromatic rings. The van der Waals surface area contributed by atoms with Crippen LogP contribution < -0.4 is 4.74 Å². The normalized spacial score (nSPS) is 11.2. The largest absolute Gasteiger partial charge is 0.497 e. The lowest BCUT2D eigenvalue weighted by Crippen LogP contribution is -1.97. The minimum atomic E-state index is 0.478. The van der Waals surface area contributed by atoms with E-state index in [0.717, 1.165) is 22.7 Å². The molecule has 9 heteroatoms. The second-order valence-corrected chi connectivity index (χ2v) is 6.62. The molecule has 8 nitrogen and oxygen atoms in total. The number of aromatic nitrogens is 6. The first kappa shape index (κ1) is 16.5. The number of aryl methyl sites for hydroxylation is 2. The summed E-state index contributed by atoms with van der Waals surface area (Å²) in [6.45, 7) is 3.91. The van der Waals surface area contributed by atoms with Gasteiger partial charge in [-0.05, 0) is 32.0 Å². The highest BCUT2D eigenvalue weighted by atomic mass is 32.2. The van der Waals surface area contributed by atoms with Gasteiger partial charge in [0.25, 0.3) is 5.78 Å². The minimum Gasteiger partial charge on any atom is -0.497 e. The molecule has 0 saturated carbocycles. The molecule has 26 heavy (non-hydrogen) atoms. The van der Waals surface area contributed by atoms with Crippen LogP contribution in [-0.4, -0.2) is 36.8 Å². The zero-order chi connectivity index (χ0) is 18.1. The van der Waals surface area contributed by atoms with Crippen LogP contribution in [0, 0.1) is 13.8 Å². The van der Waals surface area contributed by atoms with E-state index >= 15 is 0 Å². The van der Waals surface area contributed by atoms with Crippen LogP contribution in [0.25, 0.3) is 17.2 Å². The van der Waals surface area contributed by atoms with E-state index < -0.39 is 0 Å². The summed E-state index contributed by atoms with van der Waals surface area (Å²) in [6, 6.07) is 9.49. The van der Waals surface area contributed by atoms with Gasteiger partial charge in [-0.3, -0.25) is 0 Å². The van der Waals surface area contributed by atoms with Crippen molar-refractivity contribution < 1.29 is 9.26 Å². The molecule has 0 amide bonds. The molecule has 4 rings (SSSR count). The van der Waals surface area contributed by atoms with Gasteiger partial charge in [-0.2, -0.15) is 9.97 Å². The lowest BCUT2D eigenvalue weighted by molar-refractivity contribution is 0.391. The third-order valence-corrected chi connectivity index (χ3v) is 4.54. The highest BCUT2D eigenvalue weighted by molar-refractivity contribution is 7.98. The molecule has 0 aliphatic rings. The summed E-state index contributed by atoms with van der Waals surface area (Å²) < 4.78 is 12.3. The number of hydrogen-bond acceptors (Lipinski definition) is 8. The van der Waals surface area contributed by atoms with Crippen molar-refractivity contribution >= 4 is 17.5 Å². The Balaban J connectivity index is 1.50. The summed E-state index contributed by atoms with van der Waals surface area (Å²) in [5.41, 5.74) is 2.74. The van der Waals surface area contributed by atoms with Gasteiger partial charge in [0.05, 0.1) is 12.9 Å². The van der Waals surface area contributed by atoms with E-state index in [1.165, 1.54) is 11.8 Å². The third kappa shape index (κ3) is 3.25. The molecule has 0 unspecified atom stereocenters. The lowest BCUT2D eigenvalue weighted by atomic mass is 10.2. The van der Waals surface area contributed by atoms with Crippen molar-refractivity contribution in [1.29, 1.82) is 0 Å². The van der Waals surface area contributed by atoms with Gasteiger partial charge in [0.1, 0.15) is 5.75 Å². The first-order chi connectivity index (χ1) is 12.6. The molecule has 3 heterocycles. The summed E-state index contributed by atoms with van der Waals surface area (Å²) in [7, 11) is 1.62. The highest BCUT2D eigenvalue weighted by Gasteiger charge is 2.13. The molecule has 0 fully saturated rings. The van der Waals surface area contributed by atoms with E-state index in [9.17, 15) is 0 Å². The van der Waals surface area contributed by atoms with Crippen molar-refractivity contribution in [3.05, 3.63) is 47.6 Å². The summed E-state index contributed by atoms with van der Waals surface area (Å²) in [4.78, 5) is 13.2. The average Bonchev–Trinajstić information content (AvgIpc) is 3.27. The van der Waals surface area contributed by atoms with Crippen LogP contribution in [0.3, 0.4) is 0 Å². The van der Waals surface area contributed by atoms with Crippen LogP contribution in [0.2, 0.25) is 0 Å². The topological polar surface area (TPSA) is 91.2 Å². The Kier molecular flexibility index (Phi) is 4.29. The van der Waals surface area contributed by atoms with Crippen LogP contribution in [0.4, 0.5) is 0 Å². The zero-order valence-corrected chi connectivity index (χ0v) is 15.3. The Hall–Kier alpha value is -2.94. The molecule has 0 N–H and O–H groups in total. The monoisotopic (exact) mass is 368 g/mol. The maximum absolute atomic E-state index is 5.33. The molecule has 132 valence electrons. The maximum atomic E-state index is 5.33. The van der Waals surface area contributed by atoms with E-state index in [2.05, 4.69) is 25.2 Å². The number of nitrogens with zero attached hydrogens (tertiary/aromatic N) is 6. The number of rotatable bonds is 5. The van der Waals surface area contributed by atoms with Gasteiger partial charge < -0.3 is 9.26 Å². The van der Waals surface area contributed by atoms with Crippen molar-refractivity contribution in [2.24, 2.45) is 0 Å². The summed E-state index contributed by atoms with van der Waals surface area (Å²) in [5.74, 6) is 2.84. The molecular weight excluding hydrogens is 352 g/mol. The molecule has 0 aliphatic heterocycles. The minimum absolute atomic E-state index is 0.478. The smallest absolute Gasteiger partial charge is 0.253 e. The Morgan fingerprint density at radius 1 is 1.15 bits per heavy atom. The van der Waals surface area contributed by atoms with Crippen LogP contribution in [-0.2, 0) is 5.75 Å². The van der Waals surface area contributed by atoms with E-state index in [1.54, 1.807) is 11.6 Å². The fourth-order valence-electron chi connectivity index (χ4n) is 2.53. The molecule has 3 aromatic heterocycles. The van der Waals surface area contributed by atoms with E-state index in [1.807, 2.05) is 44.2 Å². The first-order valence-corrected chi connectivity index (χ1v) is 8.92. The fourth-order valence-corrected chi connectivity index (χ4v) is 3.18. The fraction of sp³-hybridized carbons (Fsp3) is 0.235. The van der Waals surface area contributed by atoms with Gasteiger partial charge in [0, 0.05) is 17.0 Å². The van der Waals surface area contributed by atoms with Crippen molar-refractivity contribution in [3.8, 4) is 17.1 Å². The van der Waals surface area contributed by atoms with Crippen molar-refractivity contribution in [2.75, 3.05) is 7.11 Å². The van der Waals surface area contributed by atoms with Crippen molar-refractivity contribution in [1.82, 2.24) is 29.7 Å². The molecule has 0 saturated heterocycles. The summed E-state index contributed by atoms with van der Waals surface area (Å²) >= 11 is 1.43. The molecule has 0 aliphatic carbocycles. The van der Waals surface area contributed by atoms with Crippen LogP contribution in [0.5, 0.6) is 5.75 Å². The average molecular weight is 368 g/mol. The van der Waals surface area contributed by atoms with Crippen LogP contribution >= 0.6 is 11.8 Å². The Labute approximate surface area is 153 Å². The van der Waals surface area contributed by atoms with E-state index in [0.29, 0.717) is 28.4 Å². The summed E-state index contributed by atoms with van der Waals surface area (Å²) in [6.07, 6.45) is 0. The predicted octanol–water partition coefficient (Wildman–Crippen LogP) is 3.09. The standard InChI is InChI=1S/C17H16N6O2S/c1-10-7-11(2)23-16(18-10)20-17(21-23)26-9-14-19-15(22-25-14)12-5-4-6-13(8-12)24-3/h4-8H,9H2,1-3H3. The predicted molar refractivity (Wildman–Crippen MR) is 96.1 cm³/mol. The Morgan fingerprint density at radius 3 is 2.88 bits per heavy atom. The second-order valence-electron chi connectivity index (χ2n) is 5.68. The molecule has 0 atom stereocenters. The number of thioether (sulfide) groups is 1. The molecule has 0 spiro atoms. The molecule has 1 aromatic carbocycles. The van der Waals surface area contributed by atoms with Gasteiger partial charge >= 0.3 is 0 Å². The van der Waals surface area contributed by atoms with E-state index in [4.69, 9.17) is 9.26 Å². The van der Waals surface area contributed by atoms with Gasteiger partial charge in [-0.15, -0.1) is 5.10 Å². The number of ether oxygens (including phenoxy) is 1. The Bertz CT molecular complexity index is 1070. The Morgan fingerprint density at radius 2 is 2.04 bits per heavy atom. The SMILES string of the molecule is COc1cccc(-c2noc(CSc3nc4nc(C)cc(C)n4n3)n2)c1. The second kappa shape index (κ2) is 6.75. The number of benzene rings is 1.